The number of allylic oxidation sites excluding steroid dienone is 1. The van der Waals surface area contributed by atoms with E-state index in [1.54, 1.807) is 18.2 Å². The number of benzene rings is 2. The van der Waals surface area contributed by atoms with Crippen LogP contribution in [0.3, 0.4) is 0 Å². The molecule has 0 heterocycles. The number of hydrogen-bond donors (Lipinski definition) is 0. The molecule has 0 aliphatic rings. The lowest BCUT2D eigenvalue weighted by Crippen LogP contribution is -2.09. The fourth-order valence-corrected chi connectivity index (χ4v) is 3.87. The maximum absolute atomic E-state index is 13.8. The van der Waals surface area contributed by atoms with Crippen LogP contribution in [0.4, 0.5) is 0 Å². The zero-order chi connectivity index (χ0) is 29.7. The number of carbonyl (C=O) groups excluding carboxylic acids is 1. The summed E-state index contributed by atoms with van der Waals surface area (Å²) in [5.74, 6) is 2.94. The van der Waals surface area contributed by atoms with E-state index in [-0.39, 0.29) is 5.78 Å². The monoisotopic (exact) mass is 568 g/mol. The topological polar surface area (TPSA) is 63.2 Å². The van der Waals surface area contributed by atoms with E-state index in [4.69, 9.17) is 23.7 Å². The van der Waals surface area contributed by atoms with E-state index in [1.807, 2.05) is 24.3 Å². The van der Waals surface area contributed by atoms with E-state index >= 15 is 0 Å². The molecule has 6 nitrogen and oxygen atoms in total. The molecule has 0 fully saturated rings. The summed E-state index contributed by atoms with van der Waals surface area (Å²) in [6.45, 7) is 13.5. The lowest BCUT2D eigenvalue weighted by atomic mass is 10.1. The third kappa shape index (κ3) is 12.5. The summed E-state index contributed by atoms with van der Waals surface area (Å²) < 4.78 is 30.3. The SMILES string of the molecule is CCCCOc1ccc(OCCCC)c(/C=C/C(=O)c2cc(OCCCC)cc(OCCCC)c2OCCCC)c1. The molecule has 41 heavy (non-hydrogen) atoms. The predicted molar refractivity (Wildman–Crippen MR) is 168 cm³/mol. The molecule has 0 saturated heterocycles. The smallest absolute Gasteiger partial charge is 0.189 e. The number of ketones is 1. The molecule has 6 heteroatoms. The molecule has 0 aliphatic carbocycles. The van der Waals surface area contributed by atoms with Gasteiger partial charge in [-0.2, -0.15) is 0 Å². The number of ether oxygens (including phenoxy) is 5. The first-order chi connectivity index (χ1) is 20.1. The third-order valence-corrected chi connectivity index (χ3v) is 6.48. The first kappa shape index (κ1) is 34.1. The van der Waals surface area contributed by atoms with Crippen LogP contribution in [0.25, 0.3) is 6.08 Å². The van der Waals surface area contributed by atoms with Gasteiger partial charge in [0.1, 0.15) is 17.2 Å². The summed E-state index contributed by atoms with van der Waals surface area (Å²) >= 11 is 0. The van der Waals surface area contributed by atoms with Crippen LogP contribution >= 0.6 is 0 Å². The lowest BCUT2D eigenvalue weighted by Gasteiger charge is -2.18. The molecule has 0 radical (unpaired) electrons. The molecular formula is C35H52O6. The highest BCUT2D eigenvalue weighted by atomic mass is 16.5. The Morgan fingerprint density at radius 1 is 0.585 bits per heavy atom. The molecule has 2 aromatic rings. The second kappa shape index (κ2) is 20.7. The molecule has 0 saturated carbocycles. The largest absolute Gasteiger partial charge is 0.494 e. The van der Waals surface area contributed by atoms with Crippen LogP contribution in [0, 0.1) is 0 Å². The number of hydrogen-bond acceptors (Lipinski definition) is 6. The highest BCUT2D eigenvalue weighted by Crippen LogP contribution is 2.37. The summed E-state index contributed by atoms with van der Waals surface area (Å²) in [6, 6.07) is 9.40. The number of unbranched alkanes of at least 4 members (excludes halogenated alkanes) is 5. The van der Waals surface area contributed by atoms with Crippen molar-refractivity contribution in [3.63, 3.8) is 0 Å². The van der Waals surface area contributed by atoms with Crippen LogP contribution in [0.15, 0.2) is 36.4 Å². The van der Waals surface area contributed by atoms with Crippen molar-refractivity contribution in [1.82, 2.24) is 0 Å². The second-order valence-electron chi connectivity index (χ2n) is 10.2. The van der Waals surface area contributed by atoms with Gasteiger partial charge in [0.25, 0.3) is 0 Å². The fourth-order valence-electron chi connectivity index (χ4n) is 3.87. The van der Waals surface area contributed by atoms with Crippen LogP contribution < -0.4 is 23.7 Å². The fraction of sp³-hybridized carbons (Fsp3) is 0.571. The highest BCUT2D eigenvalue weighted by molar-refractivity contribution is 6.09. The zero-order valence-corrected chi connectivity index (χ0v) is 26.1. The Bertz CT molecular complexity index is 1050. The Hall–Kier alpha value is -3.15. The van der Waals surface area contributed by atoms with Gasteiger partial charge in [-0.1, -0.05) is 66.7 Å². The zero-order valence-electron chi connectivity index (χ0n) is 26.1. The average Bonchev–Trinajstić information content (AvgIpc) is 2.98. The van der Waals surface area contributed by atoms with Gasteiger partial charge in [-0.3, -0.25) is 4.79 Å². The van der Waals surface area contributed by atoms with Crippen molar-refractivity contribution in [2.24, 2.45) is 0 Å². The predicted octanol–water partition coefficient (Wildman–Crippen LogP) is 9.48. The van der Waals surface area contributed by atoms with Crippen molar-refractivity contribution in [1.29, 1.82) is 0 Å². The minimum absolute atomic E-state index is 0.186. The quantitative estimate of drug-likeness (QED) is 0.0756. The summed E-state index contributed by atoms with van der Waals surface area (Å²) in [6.07, 6.45) is 13.2. The Morgan fingerprint density at radius 2 is 1.10 bits per heavy atom. The van der Waals surface area contributed by atoms with Gasteiger partial charge < -0.3 is 23.7 Å². The third-order valence-electron chi connectivity index (χ3n) is 6.48. The molecule has 2 rings (SSSR count). The van der Waals surface area contributed by atoms with Crippen molar-refractivity contribution in [2.45, 2.75) is 98.8 Å². The highest BCUT2D eigenvalue weighted by Gasteiger charge is 2.20. The standard InChI is InChI=1S/C35H52O6/c1-6-11-20-37-29-17-19-33(39-22-13-8-3)28(25-29)16-18-32(36)31-26-30(38-21-12-7-2)27-34(40-23-14-9-4)35(31)41-24-15-10-5/h16-19,25-27H,6-15,20-24H2,1-5H3/b18-16+. The van der Waals surface area contributed by atoms with E-state index in [9.17, 15) is 4.79 Å². The summed E-state index contributed by atoms with van der Waals surface area (Å²) in [4.78, 5) is 13.8. The van der Waals surface area contributed by atoms with Crippen LogP contribution in [-0.4, -0.2) is 38.8 Å². The van der Waals surface area contributed by atoms with Gasteiger partial charge in [0.2, 0.25) is 0 Å². The summed E-state index contributed by atoms with van der Waals surface area (Å²) in [5.41, 5.74) is 1.23. The van der Waals surface area contributed by atoms with Gasteiger partial charge >= 0.3 is 0 Å². The molecule has 2 aromatic carbocycles. The van der Waals surface area contributed by atoms with E-state index in [0.29, 0.717) is 55.8 Å². The molecule has 0 N–H and O–H groups in total. The average molecular weight is 569 g/mol. The van der Waals surface area contributed by atoms with Crippen LogP contribution in [-0.2, 0) is 0 Å². The Morgan fingerprint density at radius 3 is 1.68 bits per heavy atom. The van der Waals surface area contributed by atoms with E-state index < -0.39 is 0 Å². The molecule has 0 atom stereocenters. The molecule has 0 amide bonds. The van der Waals surface area contributed by atoms with E-state index in [2.05, 4.69) is 34.6 Å². The van der Waals surface area contributed by atoms with Crippen LogP contribution in [0.5, 0.6) is 28.7 Å². The Balaban J connectivity index is 2.45. The van der Waals surface area contributed by atoms with Gasteiger partial charge in [-0.25, -0.2) is 0 Å². The van der Waals surface area contributed by atoms with E-state index in [0.717, 1.165) is 81.3 Å². The second-order valence-corrected chi connectivity index (χ2v) is 10.2. The maximum atomic E-state index is 13.8. The van der Waals surface area contributed by atoms with Gasteiger partial charge in [0.15, 0.2) is 17.3 Å². The molecule has 0 bridgehead atoms. The van der Waals surface area contributed by atoms with Crippen molar-refractivity contribution < 1.29 is 28.5 Å². The van der Waals surface area contributed by atoms with Gasteiger partial charge in [0, 0.05) is 11.6 Å². The van der Waals surface area contributed by atoms with E-state index in [1.165, 1.54) is 0 Å². The first-order valence-electron chi connectivity index (χ1n) is 15.8. The van der Waals surface area contributed by atoms with Crippen molar-refractivity contribution in [3.8, 4) is 28.7 Å². The number of rotatable bonds is 23. The Labute approximate surface area is 248 Å². The van der Waals surface area contributed by atoms with Gasteiger partial charge in [-0.15, -0.1) is 0 Å². The molecule has 0 spiro atoms. The van der Waals surface area contributed by atoms with Crippen LogP contribution in [0.1, 0.15) is 115 Å². The molecule has 0 aliphatic heterocycles. The molecule has 228 valence electrons. The van der Waals surface area contributed by atoms with Crippen molar-refractivity contribution >= 4 is 11.9 Å². The van der Waals surface area contributed by atoms with Crippen molar-refractivity contribution in [2.75, 3.05) is 33.0 Å². The Kier molecular flexibility index (Phi) is 17.2. The number of carbonyl (C=O) groups is 1. The molecular weight excluding hydrogens is 516 g/mol. The summed E-state index contributed by atoms with van der Waals surface area (Å²) in [5, 5.41) is 0. The van der Waals surface area contributed by atoms with Crippen LogP contribution in [0.2, 0.25) is 0 Å². The van der Waals surface area contributed by atoms with Gasteiger partial charge in [0.05, 0.1) is 38.6 Å². The minimum atomic E-state index is -0.186. The van der Waals surface area contributed by atoms with Gasteiger partial charge in [-0.05, 0) is 68.5 Å². The molecule has 0 aromatic heterocycles. The maximum Gasteiger partial charge on any atom is 0.189 e. The molecule has 0 unspecified atom stereocenters. The first-order valence-corrected chi connectivity index (χ1v) is 15.8. The summed E-state index contributed by atoms with van der Waals surface area (Å²) in [7, 11) is 0. The van der Waals surface area contributed by atoms with Crippen molar-refractivity contribution in [3.05, 3.63) is 47.5 Å². The minimum Gasteiger partial charge on any atom is -0.494 e. The normalized spacial score (nSPS) is 11.0. The lowest BCUT2D eigenvalue weighted by molar-refractivity contribution is 0.104.